The van der Waals surface area contributed by atoms with Crippen LogP contribution in [0.25, 0.3) is 11.1 Å². The minimum atomic E-state index is 0.450. The fourth-order valence-electron chi connectivity index (χ4n) is 2.65. The first-order valence-corrected chi connectivity index (χ1v) is 8.67. The van der Waals surface area contributed by atoms with E-state index in [0.717, 1.165) is 54.9 Å². The van der Waals surface area contributed by atoms with Crippen molar-refractivity contribution in [2.45, 2.75) is 32.6 Å². The van der Waals surface area contributed by atoms with Gasteiger partial charge < -0.3 is 14.2 Å². The van der Waals surface area contributed by atoms with Crippen molar-refractivity contribution in [3.8, 4) is 22.6 Å². The molecule has 4 heteroatoms. The number of carbonyl (C=O) groups is 1. The summed E-state index contributed by atoms with van der Waals surface area (Å²) in [5.74, 6) is 1.47. The second-order valence-electron chi connectivity index (χ2n) is 5.97. The van der Waals surface area contributed by atoms with Crippen LogP contribution < -0.4 is 9.47 Å². The SMILES string of the molecule is COCCCCCCOc1ccc(-c2ccc(OC=O)c(C)c2)cc1. The topological polar surface area (TPSA) is 44.8 Å². The number of methoxy groups -OCH3 is 1. The summed E-state index contributed by atoms with van der Waals surface area (Å²) in [7, 11) is 1.74. The minimum Gasteiger partial charge on any atom is -0.494 e. The molecule has 134 valence electrons. The Balaban J connectivity index is 1.83. The number of benzene rings is 2. The van der Waals surface area contributed by atoms with Crippen LogP contribution in [0.3, 0.4) is 0 Å². The lowest BCUT2D eigenvalue weighted by molar-refractivity contribution is -0.120. The van der Waals surface area contributed by atoms with Gasteiger partial charge in [0.2, 0.25) is 0 Å². The fraction of sp³-hybridized carbons (Fsp3) is 0.381. The van der Waals surface area contributed by atoms with Crippen molar-refractivity contribution in [1.82, 2.24) is 0 Å². The molecular formula is C21H26O4. The summed E-state index contributed by atoms with van der Waals surface area (Å²) >= 11 is 0. The van der Waals surface area contributed by atoms with Crippen molar-refractivity contribution in [2.24, 2.45) is 0 Å². The zero-order valence-corrected chi connectivity index (χ0v) is 15.0. The Morgan fingerprint density at radius 3 is 2.20 bits per heavy atom. The summed E-state index contributed by atoms with van der Waals surface area (Å²) in [6.45, 7) is 3.95. The van der Waals surface area contributed by atoms with E-state index < -0.39 is 0 Å². The number of hydrogen-bond donors (Lipinski definition) is 0. The molecule has 0 aliphatic rings. The lowest BCUT2D eigenvalue weighted by Crippen LogP contribution is -1.98. The predicted molar refractivity (Wildman–Crippen MR) is 99.1 cm³/mol. The Kier molecular flexibility index (Phi) is 7.99. The molecule has 0 fully saturated rings. The Morgan fingerprint density at radius 1 is 0.880 bits per heavy atom. The molecular weight excluding hydrogens is 316 g/mol. The number of aryl methyl sites for hydroxylation is 1. The number of carbonyl (C=O) groups excluding carboxylic acids is 1. The van der Waals surface area contributed by atoms with Gasteiger partial charge in [0.05, 0.1) is 6.61 Å². The minimum absolute atomic E-state index is 0.450. The summed E-state index contributed by atoms with van der Waals surface area (Å²) < 4.78 is 15.8. The largest absolute Gasteiger partial charge is 0.494 e. The van der Waals surface area contributed by atoms with Gasteiger partial charge in [-0.1, -0.05) is 24.6 Å². The van der Waals surface area contributed by atoms with Crippen LogP contribution in [-0.2, 0) is 9.53 Å². The molecule has 0 radical (unpaired) electrons. The third kappa shape index (κ3) is 6.24. The Bertz CT molecular complexity index is 649. The van der Waals surface area contributed by atoms with Gasteiger partial charge in [0.1, 0.15) is 11.5 Å². The predicted octanol–water partition coefficient (Wildman–Crippen LogP) is 4.78. The van der Waals surface area contributed by atoms with Gasteiger partial charge in [-0.05, 0) is 67.1 Å². The highest BCUT2D eigenvalue weighted by Crippen LogP contribution is 2.27. The Labute approximate surface area is 149 Å². The number of hydrogen-bond acceptors (Lipinski definition) is 4. The third-order valence-corrected chi connectivity index (χ3v) is 4.05. The zero-order valence-electron chi connectivity index (χ0n) is 15.0. The van der Waals surface area contributed by atoms with Gasteiger partial charge in [0.15, 0.2) is 0 Å². The smallest absolute Gasteiger partial charge is 0.298 e. The van der Waals surface area contributed by atoms with E-state index in [1.54, 1.807) is 7.11 Å². The summed E-state index contributed by atoms with van der Waals surface area (Å²) in [4.78, 5) is 10.5. The van der Waals surface area contributed by atoms with Gasteiger partial charge in [-0.25, -0.2) is 0 Å². The maximum atomic E-state index is 10.5. The number of rotatable bonds is 11. The van der Waals surface area contributed by atoms with Crippen LogP contribution in [0.4, 0.5) is 0 Å². The highest BCUT2D eigenvalue weighted by molar-refractivity contribution is 5.66. The Hall–Kier alpha value is -2.33. The van der Waals surface area contributed by atoms with Gasteiger partial charge in [0, 0.05) is 13.7 Å². The summed E-state index contributed by atoms with van der Waals surface area (Å²) in [5.41, 5.74) is 3.12. The standard InChI is InChI=1S/C21H26O4/c1-17-15-19(9-12-21(17)25-16-22)18-7-10-20(11-8-18)24-14-6-4-3-5-13-23-2/h7-12,15-16H,3-6,13-14H2,1-2H3. The highest BCUT2D eigenvalue weighted by Gasteiger charge is 2.04. The molecule has 2 aromatic carbocycles. The van der Waals surface area contributed by atoms with Crippen molar-refractivity contribution >= 4 is 6.47 Å². The van der Waals surface area contributed by atoms with Crippen LogP contribution in [0.15, 0.2) is 42.5 Å². The molecule has 0 unspecified atom stereocenters. The number of unbranched alkanes of at least 4 members (excludes halogenated alkanes) is 3. The van der Waals surface area contributed by atoms with Crippen LogP contribution in [0.5, 0.6) is 11.5 Å². The number of ether oxygens (including phenoxy) is 3. The maximum absolute atomic E-state index is 10.5. The Morgan fingerprint density at radius 2 is 1.56 bits per heavy atom. The molecule has 0 N–H and O–H groups in total. The van der Waals surface area contributed by atoms with Crippen LogP contribution >= 0.6 is 0 Å². The summed E-state index contributed by atoms with van der Waals surface area (Å²) in [5, 5.41) is 0. The van der Waals surface area contributed by atoms with Crippen LogP contribution in [0.2, 0.25) is 0 Å². The van der Waals surface area contributed by atoms with Gasteiger partial charge >= 0.3 is 0 Å². The highest BCUT2D eigenvalue weighted by atomic mass is 16.5. The normalized spacial score (nSPS) is 10.5. The lowest BCUT2D eigenvalue weighted by Gasteiger charge is -2.09. The third-order valence-electron chi connectivity index (χ3n) is 4.05. The molecule has 25 heavy (non-hydrogen) atoms. The molecule has 2 rings (SSSR count). The van der Waals surface area contributed by atoms with Crippen molar-refractivity contribution in [3.63, 3.8) is 0 Å². The molecule has 4 nitrogen and oxygen atoms in total. The first-order valence-electron chi connectivity index (χ1n) is 8.67. The van der Waals surface area contributed by atoms with E-state index in [2.05, 4.69) is 0 Å². The first kappa shape index (κ1) is 19.0. The molecule has 0 aliphatic heterocycles. The average Bonchev–Trinajstić information content (AvgIpc) is 2.63. The van der Waals surface area contributed by atoms with E-state index in [-0.39, 0.29) is 0 Å². The zero-order chi connectivity index (χ0) is 17.9. The van der Waals surface area contributed by atoms with E-state index in [9.17, 15) is 4.79 Å². The van der Waals surface area contributed by atoms with E-state index in [1.807, 2.05) is 49.4 Å². The molecule has 0 spiro atoms. The summed E-state index contributed by atoms with van der Waals surface area (Å²) in [6.07, 6.45) is 4.51. The van der Waals surface area contributed by atoms with Crippen molar-refractivity contribution in [1.29, 1.82) is 0 Å². The second kappa shape index (κ2) is 10.5. The molecule has 0 aliphatic carbocycles. The molecule has 0 saturated carbocycles. The maximum Gasteiger partial charge on any atom is 0.298 e. The van der Waals surface area contributed by atoms with Gasteiger partial charge in [0.25, 0.3) is 6.47 Å². The van der Waals surface area contributed by atoms with Crippen LogP contribution in [-0.4, -0.2) is 26.8 Å². The lowest BCUT2D eigenvalue weighted by atomic mass is 10.0. The quantitative estimate of drug-likeness (QED) is 0.435. The second-order valence-corrected chi connectivity index (χ2v) is 5.97. The van der Waals surface area contributed by atoms with Crippen molar-refractivity contribution in [2.75, 3.05) is 20.3 Å². The molecule has 0 heterocycles. The first-order chi connectivity index (χ1) is 12.2. The van der Waals surface area contributed by atoms with E-state index in [4.69, 9.17) is 14.2 Å². The molecule has 0 bridgehead atoms. The van der Waals surface area contributed by atoms with Crippen molar-refractivity contribution < 1.29 is 19.0 Å². The van der Waals surface area contributed by atoms with Gasteiger partial charge in [-0.2, -0.15) is 0 Å². The summed E-state index contributed by atoms with van der Waals surface area (Å²) in [6, 6.07) is 13.8. The van der Waals surface area contributed by atoms with Crippen LogP contribution in [0.1, 0.15) is 31.2 Å². The molecule has 0 amide bonds. The van der Waals surface area contributed by atoms with E-state index in [0.29, 0.717) is 12.2 Å². The fourth-order valence-corrected chi connectivity index (χ4v) is 2.65. The molecule has 0 aromatic heterocycles. The molecule has 0 saturated heterocycles. The van der Waals surface area contributed by atoms with Crippen LogP contribution in [0, 0.1) is 6.92 Å². The monoisotopic (exact) mass is 342 g/mol. The van der Waals surface area contributed by atoms with E-state index >= 15 is 0 Å². The molecule has 0 atom stereocenters. The molecule has 2 aromatic rings. The average molecular weight is 342 g/mol. The van der Waals surface area contributed by atoms with E-state index in [1.165, 1.54) is 6.42 Å². The van der Waals surface area contributed by atoms with Gasteiger partial charge in [-0.3, -0.25) is 4.79 Å². The van der Waals surface area contributed by atoms with Crippen molar-refractivity contribution in [3.05, 3.63) is 48.0 Å². The van der Waals surface area contributed by atoms with Gasteiger partial charge in [-0.15, -0.1) is 0 Å².